The van der Waals surface area contributed by atoms with Gasteiger partial charge in [-0.05, 0) is 69.7 Å². The van der Waals surface area contributed by atoms with Crippen molar-refractivity contribution < 1.29 is 23.7 Å². The highest BCUT2D eigenvalue weighted by Crippen LogP contribution is 2.20. The molecule has 0 saturated carbocycles. The van der Waals surface area contributed by atoms with Crippen molar-refractivity contribution in [2.24, 2.45) is 0 Å². The summed E-state index contributed by atoms with van der Waals surface area (Å²) in [6, 6.07) is 14.9. The molecule has 3 rings (SSSR count). The number of benzene rings is 2. The highest BCUT2D eigenvalue weighted by Gasteiger charge is 2.33. The smallest absolute Gasteiger partial charge is 0.134 e. The van der Waals surface area contributed by atoms with Crippen LogP contribution in [-0.2, 0) is 11.3 Å². The maximum atomic E-state index is 13.1. The van der Waals surface area contributed by atoms with Gasteiger partial charge in [0.05, 0.1) is 13.2 Å². The number of ether oxygens (including phenoxy) is 3. The van der Waals surface area contributed by atoms with Crippen LogP contribution in [-0.4, -0.2) is 78.7 Å². The standard InChI is InChI=1S/C27H39FN2O4/c1-21(2)30(22(3)4)14-16-33-25-9-5-23(6-10-25)17-29-13-15-32-19-27(31,18-29)20-34-26-11-7-24(28)8-12-26/h5-12,21-22,31H,13-20H2,1-4H3/t27-/m0/s1. The van der Waals surface area contributed by atoms with Gasteiger partial charge in [0.25, 0.3) is 0 Å². The molecule has 7 heteroatoms. The molecule has 188 valence electrons. The third-order valence-corrected chi connectivity index (χ3v) is 6.04. The van der Waals surface area contributed by atoms with E-state index in [1.807, 2.05) is 12.1 Å². The average molecular weight is 475 g/mol. The van der Waals surface area contributed by atoms with Crippen molar-refractivity contribution >= 4 is 0 Å². The minimum Gasteiger partial charge on any atom is -0.492 e. The van der Waals surface area contributed by atoms with Crippen LogP contribution in [0, 0.1) is 5.82 Å². The normalized spacial score (nSPS) is 19.6. The second-order valence-electron chi connectivity index (χ2n) is 9.65. The highest BCUT2D eigenvalue weighted by atomic mass is 19.1. The number of β-amino-alcohol motifs (C(OH)–C–C–N with tert-alkyl or cyclic N) is 1. The molecular weight excluding hydrogens is 435 g/mol. The van der Waals surface area contributed by atoms with Crippen LogP contribution >= 0.6 is 0 Å². The molecule has 0 aliphatic carbocycles. The van der Waals surface area contributed by atoms with Crippen molar-refractivity contribution in [2.45, 2.75) is 51.9 Å². The average Bonchev–Trinajstić information content (AvgIpc) is 2.98. The number of rotatable bonds is 11. The van der Waals surface area contributed by atoms with Gasteiger partial charge in [-0.3, -0.25) is 9.80 Å². The molecule has 1 atom stereocenters. The summed E-state index contributed by atoms with van der Waals surface area (Å²) in [4.78, 5) is 4.58. The van der Waals surface area contributed by atoms with E-state index in [2.05, 4.69) is 49.6 Å². The van der Waals surface area contributed by atoms with Gasteiger partial charge in [-0.15, -0.1) is 0 Å². The molecule has 2 aromatic rings. The topological polar surface area (TPSA) is 54.4 Å². The fourth-order valence-electron chi connectivity index (χ4n) is 4.30. The van der Waals surface area contributed by atoms with Gasteiger partial charge in [0.15, 0.2) is 0 Å². The lowest BCUT2D eigenvalue weighted by molar-refractivity contribution is -0.0646. The zero-order valence-corrected chi connectivity index (χ0v) is 20.9. The summed E-state index contributed by atoms with van der Waals surface area (Å²) in [5.41, 5.74) is -0.00541. The zero-order valence-electron chi connectivity index (χ0n) is 20.9. The number of nitrogens with zero attached hydrogens (tertiary/aromatic N) is 2. The van der Waals surface area contributed by atoms with E-state index in [9.17, 15) is 9.50 Å². The second kappa shape index (κ2) is 12.5. The highest BCUT2D eigenvalue weighted by molar-refractivity contribution is 5.27. The summed E-state index contributed by atoms with van der Waals surface area (Å²) in [6.45, 7) is 13.0. The van der Waals surface area contributed by atoms with Crippen LogP contribution in [0.5, 0.6) is 11.5 Å². The SMILES string of the molecule is CC(C)N(CCOc1ccc(CN2CCOC[C@](O)(COc3ccc(F)cc3)C2)cc1)C(C)C. The predicted molar refractivity (Wildman–Crippen MR) is 132 cm³/mol. The lowest BCUT2D eigenvalue weighted by Gasteiger charge is -2.30. The van der Waals surface area contributed by atoms with E-state index in [4.69, 9.17) is 14.2 Å². The van der Waals surface area contributed by atoms with Crippen LogP contribution in [0.15, 0.2) is 48.5 Å². The van der Waals surface area contributed by atoms with Crippen LogP contribution in [0.4, 0.5) is 4.39 Å². The Morgan fingerprint density at radius 2 is 1.62 bits per heavy atom. The van der Waals surface area contributed by atoms with Crippen molar-refractivity contribution in [2.75, 3.05) is 46.1 Å². The van der Waals surface area contributed by atoms with E-state index >= 15 is 0 Å². The Hall–Kier alpha value is -2.19. The fourth-order valence-corrected chi connectivity index (χ4v) is 4.30. The Morgan fingerprint density at radius 3 is 2.26 bits per heavy atom. The Morgan fingerprint density at radius 1 is 1.00 bits per heavy atom. The molecule has 0 unspecified atom stereocenters. The molecule has 1 heterocycles. The predicted octanol–water partition coefficient (Wildman–Crippen LogP) is 3.97. The fraction of sp³-hybridized carbons (Fsp3) is 0.556. The van der Waals surface area contributed by atoms with Crippen molar-refractivity contribution in [3.05, 3.63) is 59.9 Å². The number of aliphatic hydroxyl groups is 1. The first kappa shape index (κ1) is 26.4. The van der Waals surface area contributed by atoms with Gasteiger partial charge in [0.1, 0.15) is 36.1 Å². The quantitative estimate of drug-likeness (QED) is 0.532. The summed E-state index contributed by atoms with van der Waals surface area (Å²) in [7, 11) is 0. The first-order valence-corrected chi connectivity index (χ1v) is 12.1. The first-order chi connectivity index (χ1) is 16.2. The maximum Gasteiger partial charge on any atom is 0.134 e. The number of hydrogen-bond acceptors (Lipinski definition) is 6. The summed E-state index contributed by atoms with van der Waals surface area (Å²) < 4.78 is 30.4. The first-order valence-electron chi connectivity index (χ1n) is 12.1. The van der Waals surface area contributed by atoms with Crippen molar-refractivity contribution in [3.8, 4) is 11.5 Å². The van der Waals surface area contributed by atoms with E-state index in [-0.39, 0.29) is 19.0 Å². The molecule has 0 amide bonds. The molecule has 6 nitrogen and oxygen atoms in total. The number of halogens is 1. The van der Waals surface area contributed by atoms with Gasteiger partial charge in [-0.25, -0.2) is 4.39 Å². The molecule has 34 heavy (non-hydrogen) atoms. The minimum atomic E-state index is -1.15. The molecule has 0 aromatic heterocycles. The Kier molecular flexibility index (Phi) is 9.71. The Labute approximate surface area is 203 Å². The van der Waals surface area contributed by atoms with Gasteiger partial charge in [0, 0.05) is 38.3 Å². The third-order valence-electron chi connectivity index (χ3n) is 6.04. The zero-order chi connectivity index (χ0) is 24.6. The summed E-state index contributed by atoms with van der Waals surface area (Å²) >= 11 is 0. The van der Waals surface area contributed by atoms with Crippen LogP contribution in [0.25, 0.3) is 0 Å². The molecule has 0 spiro atoms. The third kappa shape index (κ3) is 8.24. The molecule has 1 fully saturated rings. The van der Waals surface area contributed by atoms with E-state index in [0.29, 0.717) is 44.1 Å². The van der Waals surface area contributed by atoms with Crippen molar-refractivity contribution in [1.82, 2.24) is 9.80 Å². The van der Waals surface area contributed by atoms with Crippen LogP contribution in [0.3, 0.4) is 0 Å². The summed E-state index contributed by atoms with van der Waals surface area (Å²) in [5, 5.41) is 11.1. The summed E-state index contributed by atoms with van der Waals surface area (Å²) in [6.07, 6.45) is 0. The van der Waals surface area contributed by atoms with Crippen LogP contribution in [0.2, 0.25) is 0 Å². The Bertz CT molecular complexity index is 852. The molecule has 0 radical (unpaired) electrons. The molecule has 1 N–H and O–H groups in total. The van der Waals surface area contributed by atoms with Gasteiger partial charge in [0.2, 0.25) is 0 Å². The van der Waals surface area contributed by atoms with Gasteiger partial charge < -0.3 is 19.3 Å². The monoisotopic (exact) mass is 474 g/mol. The van der Waals surface area contributed by atoms with Gasteiger partial charge in [-0.1, -0.05) is 12.1 Å². The van der Waals surface area contributed by atoms with Gasteiger partial charge in [-0.2, -0.15) is 0 Å². The maximum absolute atomic E-state index is 13.1. The van der Waals surface area contributed by atoms with Gasteiger partial charge >= 0.3 is 0 Å². The lowest BCUT2D eigenvalue weighted by atomic mass is 10.1. The number of hydrogen-bond donors (Lipinski definition) is 1. The molecule has 1 aliphatic heterocycles. The second-order valence-corrected chi connectivity index (χ2v) is 9.65. The minimum absolute atomic E-state index is 0.0751. The largest absolute Gasteiger partial charge is 0.492 e. The summed E-state index contributed by atoms with van der Waals surface area (Å²) in [5.74, 6) is 1.06. The van der Waals surface area contributed by atoms with E-state index in [0.717, 1.165) is 24.4 Å². The van der Waals surface area contributed by atoms with Crippen molar-refractivity contribution in [1.29, 1.82) is 0 Å². The molecule has 2 aromatic carbocycles. The van der Waals surface area contributed by atoms with Crippen molar-refractivity contribution in [3.63, 3.8) is 0 Å². The van der Waals surface area contributed by atoms with E-state index in [1.165, 1.54) is 12.1 Å². The Balaban J connectivity index is 1.50. The van der Waals surface area contributed by atoms with Crippen LogP contribution < -0.4 is 9.47 Å². The molecule has 0 bridgehead atoms. The molecule has 1 saturated heterocycles. The molecular formula is C27H39FN2O4. The van der Waals surface area contributed by atoms with E-state index in [1.54, 1.807) is 12.1 Å². The lowest BCUT2D eigenvalue weighted by Crippen LogP contribution is -2.48. The van der Waals surface area contributed by atoms with Crippen LogP contribution in [0.1, 0.15) is 33.3 Å². The molecule has 1 aliphatic rings. The van der Waals surface area contributed by atoms with E-state index < -0.39 is 5.60 Å².